The number of hydrogen-bond donors (Lipinski definition) is 2. The van der Waals surface area contributed by atoms with Gasteiger partial charge in [-0.05, 0) is 42.8 Å². The van der Waals surface area contributed by atoms with Crippen molar-refractivity contribution in [1.82, 2.24) is 19.3 Å². The Morgan fingerprint density at radius 1 is 1.24 bits per heavy atom. The lowest BCUT2D eigenvalue weighted by atomic mass is 10.0. The van der Waals surface area contributed by atoms with Gasteiger partial charge in [-0.2, -0.15) is 0 Å². The van der Waals surface area contributed by atoms with Crippen LogP contribution in [0, 0.1) is 0 Å². The van der Waals surface area contributed by atoms with Crippen molar-refractivity contribution in [3.63, 3.8) is 0 Å². The van der Waals surface area contributed by atoms with Crippen molar-refractivity contribution in [2.45, 2.75) is 24.3 Å². The highest BCUT2D eigenvalue weighted by molar-refractivity contribution is 7.89. The molecule has 0 saturated heterocycles. The second kappa shape index (κ2) is 5.64. The minimum Gasteiger partial charge on any atom is -0.325 e. The summed E-state index contributed by atoms with van der Waals surface area (Å²) < 4.78 is 29.4. The first kappa shape index (κ1) is 15.7. The van der Waals surface area contributed by atoms with Gasteiger partial charge in [-0.3, -0.25) is 9.20 Å². The molecule has 3 heterocycles. The monoisotopic (exact) mass is 357 g/mol. The summed E-state index contributed by atoms with van der Waals surface area (Å²) in [6.07, 6.45) is 1.77. The summed E-state index contributed by atoms with van der Waals surface area (Å²) in [5, 5.41) is 10.7. The number of benzene rings is 1. The van der Waals surface area contributed by atoms with Gasteiger partial charge < -0.3 is 5.32 Å². The van der Waals surface area contributed by atoms with Crippen LogP contribution in [0.25, 0.3) is 5.65 Å². The molecule has 4 rings (SSSR count). The van der Waals surface area contributed by atoms with Crippen LogP contribution in [0.2, 0.25) is 0 Å². The minimum atomic E-state index is -3.74. The number of nitrogens with zero attached hydrogens (tertiary/aromatic N) is 3. The highest BCUT2D eigenvalue weighted by atomic mass is 32.2. The Bertz CT molecular complexity index is 1090. The lowest BCUT2D eigenvalue weighted by Gasteiger charge is -2.08. The van der Waals surface area contributed by atoms with Gasteiger partial charge in [-0.1, -0.05) is 6.07 Å². The Morgan fingerprint density at radius 2 is 2.08 bits per heavy atom. The number of amides is 1. The van der Waals surface area contributed by atoms with Crippen LogP contribution in [0.4, 0.5) is 5.69 Å². The van der Waals surface area contributed by atoms with E-state index < -0.39 is 10.0 Å². The predicted octanol–water partition coefficient (Wildman–Crippen LogP) is 1.26. The molecule has 0 aliphatic carbocycles. The summed E-state index contributed by atoms with van der Waals surface area (Å²) in [6.45, 7) is 1.75. The van der Waals surface area contributed by atoms with E-state index in [0.29, 0.717) is 22.7 Å². The number of nitrogens with one attached hydrogen (secondary N) is 2. The third kappa shape index (κ3) is 2.67. The van der Waals surface area contributed by atoms with E-state index in [1.54, 1.807) is 29.7 Å². The fraction of sp³-hybridized carbons (Fsp3) is 0.188. The third-order valence-corrected chi connectivity index (χ3v) is 5.65. The highest BCUT2D eigenvalue weighted by Crippen LogP contribution is 2.33. The largest absolute Gasteiger partial charge is 0.325 e. The van der Waals surface area contributed by atoms with E-state index in [0.717, 1.165) is 0 Å². The molecular formula is C16H15N5O3S. The average Bonchev–Trinajstić information content (AvgIpc) is 3.14. The molecule has 1 aliphatic rings. The molecule has 1 aromatic carbocycles. The Hall–Kier alpha value is -2.78. The van der Waals surface area contributed by atoms with E-state index in [1.165, 1.54) is 12.1 Å². The molecule has 2 aromatic heterocycles. The van der Waals surface area contributed by atoms with Gasteiger partial charge in [0.1, 0.15) is 0 Å². The van der Waals surface area contributed by atoms with Crippen molar-refractivity contribution < 1.29 is 13.2 Å². The number of carbonyl (C=O) groups is 1. The highest BCUT2D eigenvalue weighted by Gasteiger charge is 2.28. The average molecular weight is 357 g/mol. The Balaban J connectivity index is 1.59. The van der Waals surface area contributed by atoms with Gasteiger partial charge in [0.05, 0.1) is 17.4 Å². The van der Waals surface area contributed by atoms with Crippen LogP contribution in [-0.4, -0.2) is 28.9 Å². The molecule has 8 nitrogen and oxygen atoms in total. The van der Waals surface area contributed by atoms with Gasteiger partial charge in [0.25, 0.3) is 0 Å². The van der Waals surface area contributed by atoms with Crippen LogP contribution < -0.4 is 10.0 Å². The summed E-state index contributed by atoms with van der Waals surface area (Å²) >= 11 is 0. The van der Waals surface area contributed by atoms with Crippen molar-refractivity contribution in [3.8, 4) is 0 Å². The number of fused-ring (bicyclic) bond motifs is 2. The SMILES string of the molecule is C[C@@H]1C(=O)Nc2ccc(S(=O)(=O)NCc3nnc4ccccn34)cc21. The van der Waals surface area contributed by atoms with Crippen LogP contribution >= 0.6 is 0 Å². The van der Waals surface area contributed by atoms with Gasteiger partial charge in [0.15, 0.2) is 11.5 Å². The minimum absolute atomic E-state index is 0.0112. The van der Waals surface area contributed by atoms with E-state index in [4.69, 9.17) is 0 Å². The molecule has 3 aromatic rings. The normalized spacial score (nSPS) is 16.8. The molecule has 128 valence electrons. The molecule has 0 unspecified atom stereocenters. The molecule has 1 aliphatic heterocycles. The summed E-state index contributed by atoms with van der Waals surface area (Å²) in [5.74, 6) is -0.0106. The number of rotatable bonds is 4. The zero-order chi connectivity index (χ0) is 17.6. The summed E-state index contributed by atoms with van der Waals surface area (Å²) in [5.41, 5.74) is 1.98. The van der Waals surface area contributed by atoms with E-state index in [2.05, 4.69) is 20.2 Å². The number of carbonyl (C=O) groups excluding carboxylic acids is 1. The maximum Gasteiger partial charge on any atom is 0.240 e. The first-order valence-corrected chi connectivity index (χ1v) is 9.17. The molecule has 2 N–H and O–H groups in total. The first-order valence-electron chi connectivity index (χ1n) is 7.69. The topological polar surface area (TPSA) is 105 Å². The van der Waals surface area contributed by atoms with Gasteiger partial charge in [0.2, 0.25) is 15.9 Å². The number of pyridine rings is 1. The number of hydrogen-bond acceptors (Lipinski definition) is 5. The molecule has 0 radical (unpaired) electrons. The number of anilines is 1. The summed E-state index contributed by atoms with van der Waals surface area (Å²) in [7, 11) is -3.74. The van der Waals surface area contributed by atoms with Gasteiger partial charge >= 0.3 is 0 Å². The van der Waals surface area contributed by atoms with Gasteiger partial charge in [0, 0.05) is 11.9 Å². The number of sulfonamides is 1. The Morgan fingerprint density at radius 3 is 2.92 bits per heavy atom. The molecule has 9 heteroatoms. The Kier molecular flexibility index (Phi) is 3.55. The van der Waals surface area contributed by atoms with E-state index in [9.17, 15) is 13.2 Å². The summed E-state index contributed by atoms with van der Waals surface area (Å²) in [6, 6.07) is 10.1. The van der Waals surface area contributed by atoms with Gasteiger partial charge in [-0.15, -0.1) is 10.2 Å². The fourth-order valence-electron chi connectivity index (χ4n) is 2.82. The third-order valence-electron chi connectivity index (χ3n) is 4.26. The van der Waals surface area contributed by atoms with E-state index in [1.807, 2.05) is 12.1 Å². The predicted molar refractivity (Wildman–Crippen MR) is 90.5 cm³/mol. The fourth-order valence-corrected chi connectivity index (χ4v) is 3.83. The molecule has 0 spiro atoms. The van der Waals surface area contributed by atoms with E-state index >= 15 is 0 Å². The van der Waals surface area contributed by atoms with Crippen molar-refractivity contribution in [2.75, 3.05) is 5.32 Å². The molecule has 0 fully saturated rings. The second-order valence-corrected chi connectivity index (χ2v) is 7.60. The van der Waals surface area contributed by atoms with Crippen LogP contribution in [-0.2, 0) is 21.4 Å². The maximum absolute atomic E-state index is 12.6. The second-order valence-electron chi connectivity index (χ2n) is 5.83. The summed E-state index contributed by atoms with van der Waals surface area (Å²) in [4.78, 5) is 11.8. The molecule has 1 atom stereocenters. The first-order chi connectivity index (χ1) is 12.0. The number of aromatic nitrogens is 3. The molecule has 0 bridgehead atoms. The lowest BCUT2D eigenvalue weighted by molar-refractivity contribution is -0.116. The van der Waals surface area contributed by atoms with Crippen LogP contribution in [0.5, 0.6) is 0 Å². The molecular weight excluding hydrogens is 342 g/mol. The van der Waals surface area contributed by atoms with E-state index in [-0.39, 0.29) is 23.3 Å². The molecule has 25 heavy (non-hydrogen) atoms. The van der Waals surface area contributed by atoms with Gasteiger partial charge in [-0.25, -0.2) is 13.1 Å². The lowest BCUT2D eigenvalue weighted by Crippen LogP contribution is -2.24. The zero-order valence-corrected chi connectivity index (χ0v) is 14.1. The van der Waals surface area contributed by atoms with Crippen molar-refractivity contribution in [2.24, 2.45) is 0 Å². The molecule has 0 saturated carbocycles. The van der Waals surface area contributed by atoms with Crippen LogP contribution in [0.3, 0.4) is 0 Å². The zero-order valence-electron chi connectivity index (χ0n) is 13.3. The van der Waals surface area contributed by atoms with Crippen molar-refractivity contribution >= 4 is 27.3 Å². The van der Waals surface area contributed by atoms with Crippen LogP contribution in [0.1, 0.15) is 24.2 Å². The van der Waals surface area contributed by atoms with Crippen molar-refractivity contribution in [3.05, 3.63) is 54.0 Å². The van der Waals surface area contributed by atoms with Crippen molar-refractivity contribution in [1.29, 1.82) is 0 Å². The van der Waals surface area contributed by atoms with Crippen LogP contribution in [0.15, 0.2) is 47.5 Å². The molecule has 1 amide bonds. The Labute approximate surface area is 143 Å². The standard InChI is InChI=1S/C16H15N5O3S/c1-10-12-8-11(5-6-13(12)18-16(10)22)25(23,24)17-9-15-20-19-14-4-2-3-7-21(14)15/h2-8,10,17H,9H2,1H3,(H,18,22)/t10-/m0/s1. The maximum atomic E-state index is 12.6. The quantitative estimate of drug-likeness (QED) is 0.731. The smallest absolute Gasteiger partial charge is 0.240 e.